The van der Waals surface area contributed by atoms with Crippen LogP contribution >= 0.6 is 23.2 Å². The quantitative estimate of drug-likeness (QED) is 0.854. The number of rotatable bonds is 3. The molecule has 0 fully saturated rings. The lowest BCUT2D eigenvalue weighted by Gasteiger charge is -2.10. The molecule has 2 amide bonds. The number of halogens is 2. The van der Waals surface area contributed by atoms with Crippen LogP contribution in [0.2, 0.25) is 10.0 Å². The molecule has 0 spiro atoms. The van der Waals surface area contributed by atoms with Gasteiger partial charge in [-0.2, -0.15) is 0 Å². The second kappa shape index (κ2) is 5.97. The zero-order chi connectivity index (χ0) is 12.1. The van der Waals surface area contributed by atoms with Crippen LogP contribution in [0.4, 0.5) is 10.5 Å². The predicted molar refractivity (Wildman–Crippen MR) is 68.3 cm³/mol. The van der Waals surface area contributed by atoms with Gasteiger partial charge >= 0.3 is 6.03 Å². The van der Waals surface area contributed by atoms with Crippen molar-refractivity contribution in [1.29, 1.82) is 0 Å². The zero-order valence-corrected chi connectivity index (χ0v) is 10.7. The summed E-state index contributed by atoms with van der Waals surface area (Å²) in [5.41, 5.74) is 0.510. The molecule has 0 heterocycles. The summed E-state index contributed by atoms with van der Waals surface area (Å²) in [6.07, 6.45) is 0. The van der Waals surface area contributed by atoms with E-state index in [4.69, 9.17) is 23.2 Å². The van der Waals surface area contributed by atoms with Crippen LogP contribution in [0.3, 0.4) is 0 Å². The van der Waals surface area contributed by atoms with E-state index in [9.17, 15) is 4.79 Å². The van der Waals surface area contributed by atoms with Crippen molar-refractivity contribution in [2.75, 3.05) is 11.9 Å². The van der Waals surface area contributed by atoms with E-state index >= 15 is 0 Å². The second-order valence-corrected chi connectivity index (χ2v) is 4.62. The Balaban J connectivity index is 2.59. The molecule has 0 aliphatic carbocycles. The van der Waals surface area contributed by atoms with E-state index in [-0.39, 0.29) is 6.03 Å². The van der Waals surface area contributed by atoms with Gasteiger partial charge in [0, 0.05) is 6.54 Å². The summed E-state index contributed by atoms with van der Waals surface area (Å²) in [5, 5.41) is 6.14. The van der Waals surface area contributed by atoms with Crippen LogP contribution in [0.25, 0.3) is 0 Å². The maximum absolute atomic E-state index is 11.5. The van der Waals surface area contributed by atoms with Crippen molar-refractivity contribution in [2.45, 2.75) is 13.8 Å². The third-order valence-corrected chi connectivity index (χ3v) is 2.69. The van der Waals surface area contributed by atoms with E-state index in [0.29, 0.717) is 28.2 Å². The fraction of sp³-hybridized carbons (Fsp3) is 0.364. The fourth-order valence-electron chi connectivity index (χ4n) is 1.06. The molecule has 1 aromatic rings. The molecule has 88 valence electrons. The van der Waals surface area contributed by atoms with Gasteiger partial charge in [-0.15, -0.1) is 0 Å². The summed E-state index contributed by atoms with van der Waals surface area (Å²) in [7, 11) is 0. The lowest BCUT2D eigenvalue weighted by atomic mass is 10.2. The number of urea groups is 1. The van der Waals surface area contributed by atoms with Gasteiger partial charge in [0.25, 0.3) is 0 Å². The standard InChI is InChI=1S/C11H14Cl2N2O/c1-7(2)6-14-11(16)15-9-5-3-4-8(12)10(9)13/h3-5,7H,6H2,1-2H3,(H2,14,15,16). The summed E-state index contributed by atoms with van der Waals surface area (Å²) in [4.78, 5) is 11.5. The molecule has 0 atom stereocenters. The van der Waals surface area contributed by atoms with Crippen LogP contribution in [0.1, 0.15) is 13.8 Å². The lowest BCUT2D eigenvalue weighted by molar-refractivity contribution is 0.251. The highest BCUT2D eigenvalue weighted by Crippen LogP contribution is 2.29. The molecular weight excluding hydrogens is 247 g/mol. The average Bonchev–Trinajstić information content (AvgIpc) is 2.22. The number of hydrogen-bond acceptors (Lipinski definition) is 1. The van der Waals surface area contributed by atoms with Gasteiger partial charge in [0.1, 0.15) is 0 Å². The predicted octanol–water partition coefficient (Wildman–Crippen LogP) is 3.77. The van der Waals surface area contributed by atoms with Gasteiger partial charge in [0.15, 0.2) is 0 Å². The molecule has 0 unspecified atom stereocenters. The van der Waals surface area contributed by atoms with Gasteiger partial charge in [-0.05, 0) is 18.1 Å². The highest BCUT2D eigenvalue weighted by molar-refractivity contribution is 6.43. The lowest BCUT2D eigenvalue weighted by Crippen LogP contribution is -2.31. The van der Waals surface area contributed by atoms with Crippen LogP contribution in [-0.4, -0.2) is 12.6 Å². The van der Waals surface area contributed by atoms with Crippen molar-refractivity contribution in [3.63, 3.8) is 0 Å². The van der Waals surface area contributed by atoms with E-state index in [2.05, 4.69) is 10.6 Å². The normalized spacial score (nSPS) is 10.3. The summed E-state index contributed by atoms with van der Waals surface area (Å²) in [6, 6.07) is 4.81. The number of hydrogen-bond donors (Lipinski definition) is 2. The van der Waals surface area contributed by atoms with Crippen LogP contribution < -0.4 is 10.6 Å². The SMILES string of the molecule is CC(C)CNC(=O)Nc1cccc(Cl)c1Cl. The number of amides is 2. The molecule has 1 rings (SSSR count). The molecule has 2 N–H and O–H groups in total. The molecule has 0 aliphatic rings. The molecule has 16 heavy (non-hydrogen) atoms. The van der Waals surface area contributed by atoms with Crippen LogP contribution in [0.5, 0.6) is 0 Å². The molecule has 0 saturated carbocycles. The number of carbonyl (C=O) groups is 1. The molecule has 0 aromatic heterocycles. The first-order valence-electron chi connectivity index (χ1n) is 4.99. The Hall–Kier alpha value is -0.930. The Kier molecular flexibility index (Phi) is 4.90. The monoisotopic (exact) mass is 260 g/mol. The molecule has 0 saturated heterocycles. The van der Waals surface area contributed by atoms with Gasteiger partial charge in [-0.25, -0.2) is 4.79 Å². The third kappa shape index (κ3) is 3.91. The van der Waals surface area contributed by atoms with E-state index in [1.807, 2.05) is 13.8 Å². The zero-order valence-electron chi connectivity index (χ0n) is 9.18. The first kappa shape index (κ1) is 13.1. The third-order valence-electron chi connectivity index (χ3n) is 1.87. The molecular formula is C11H14Cl2N2O. The topological polar surface area (TPSA) is 41.1 Å². The maximum Gasteiger partial charge on any atom is 0.319 e. The number of nitrogens with one attached hydrogen (secondary N) is 2. The van der Waals surface area contributed by atoms with Gasteiger partial charge in [-0.1, -0.05) is 43.1 Å². The van der Waals surface area contributed by atoms with Gasteiger partial charge < -0.3 is 10.6 Å². The first-order valence-corrected chi connectivity index (χ1v) is 5.75. The Labute approximate surface area is 105 Å². The Bertz CT molecular complexity index is 380. The summed E-state index contributed by atoms with van der Waals surface area (Å²) < 4.78 is 0. The molecule has 0 radical (unpaired) electrons. The van der Waals surface area contributed by atoms with Crippen molar-refractivity contribution in [1.82, 2.24) is 5.32 Å². The van der Waals surface area contributed by atoms with Crippen LogP contribution in [-0.2, 0) is 0 Å². The van der Waals surface area contributed by atoms with Gasteiger partial charge in [0.05, 0.1) is 15.7 Å². The van der Waals surface area contributed by atoms with Gasteiger partial charge in [-0.3, -0.25) is 0 Å². The summed E-state index contributed by atoms with van der Waals surface area (Å²) >= 11 is 11.7. The van der Waals surface area contributed by atoms with Crippen LogP contribution in [0.15, 0.2) is 18.2 Å². The van der Waals surface area contributed by atoms with Crippen molar-refractivity contribution < 1.29 is 4.79 Å². The van der Waals surface area contributed by atoms with Gasteiger partial charge in [0.2, 0.25) is 0 Å². The first-order chi connectivity index (χ1) is 7.50. The summed E-state index contributed by atoms with van der Waals surface area (Å²) in [6.45, 7) is 4.66. The Morgan fingerprint density at radius 2 is 2.06 bits per heavy atom. The minimum absolute atomic E-state index is 0.280. The molecule has 1 aromatic carbocycles. The fourth-order valence-corrected chi connectivity index (χ4v) is 1.41. The van der Waals surface area contributed by atoms with Crippen molar-refractivity contribution >= 4 is 34.9 Å². The van der Waals surface area contributed by atoms with E-state index in [1.54, 1.807) is 18.2 Å². The second-order valence-electron chi connectivity index (χ2n) is 3.83. The van der Waals surface area contributed by atoms with Crippen LogP contribution in [0, 0.1) is 5.92 Å². The van der Waals surface area contributed by atoms with Crippen molar-refractivity contribution in [2.24, 2.45) is 5.92 Å². The largest absolute Gasteiger partial charge is 0.338 e. The van der Waals surface area contributed by atoms with Crippen molar-refractivity contribution in [3.8, 4) is 0 Å². The number of benzene rings is 1. The minimum Gasteiger partial charge on any atom is -0.338 e. The average molecular weight is 261 g/mol. The smallest absolute Gasteiger partial charge is 0.319 e. The highest BCUT2D eigenvalue weighted by Gasteiger charge is 2.07. The summed E-state index contributed by atoms with van der Waals surface area (Å²) in [5.74, 6) is 0.403. The maximum atomic E-state index is 11.5. The highest BCUT2D eigenvalue weighted by atomic mass is 35.5. The molecule has 0 bridgehead atoms. The molecule has 5 heteroatoms. The minimum atomic E-state index is -0.280. The van der Waals surface area contributed by atoms with E-state index in [0.717, 1.165) is 0 Å². The Morgan fingerprint density at radius 1 is 1.38 bits per heavy atom. The number of carbonyl (C=O) groups excluding carboxylic acids is 1. The number of anilines is 1. The molecule has 3 nitrogen and oxygen atoms in total. The van der Waals surface area contributed by atoms with E-state index in [1.165, 1.54) is 0 Å². The molecule has 0 aliphatic heterocycles. The van der Waals surface area contributed by atoms with Crippen molar-refractivity contribution in [3.05, 3.63) is 28.2 Å². The Morgan fingerprint density at radius 3 is 2.69 bits per heavy atom. The van der Waals surface area contributed by atoms with E-state index < -0.39 is 0 Å².